The third-order valence-corrected chi connectivity index (χ3v) is 2.42. The Labute approximate surface area is 102 Å². The summed E-state index contributed by atoms with van der Waals surface area (Å²) in [6.45, 7) is 2.00. The minimum absolute atomic E-state index is 0.792. The lowest BCUT2D eigenvalue weighted by Crippen LogP contribution is -1.93. The number of rotatable bonds is 1. The Morgan fingerprint density at radius 1 is 0.824 bits per heavy atom. The first kappa shape index (κ1) is 12.9. The van der Waals surface area contributed by atoms with E-state index in [9.17, 15) is 0 Å². The molecule has 0 aliphatic rings. The molecule has 2 aromatic rings. The van der Waals surface area contributed by atoms with E-state index in [-0.39, 0.29) is 0 Å². The summed E-state index contributed by atoms with van der Waals surface area (Å²) in [5, 5.41) is 2.97. The van der Waals surface area contributed by atoms with Crippen molar-refractivity contribution in [2.45, 2.75) is 6.92 Å². The molecule has 2 aromatic carbocycles. The van der Waals surface area contributed by atoms with Crippen molar-refractivity contribution in [3.8, 4) is 0 Å². The fourth-order valence-electron chi connectivity index (χ4n) is 1.31. The Morgan fingerprint density at radius 2 is 1.35 bits per heavy atom. The van der Waals surface area contributed by atoms with Crippen LogP contribution in [-0.4, -0.2) is 7.05 Å². The molecule has 0 aliphatic heterocycles. The largest absolute Gasteiger partial charge is 0.399 e. The fourth-order valence-corrected chi connectivity index (χ4v) is 1.31. The molecule has 3 nitrogen and oxygen atoms in total. The van der Waals surface area contributed by atoms with Crippen molar-refractivity contribution in [3.05, 3.63) is 54.1 Å². The van der Waals surface area contributed by atoms with E-state index in [0.717, 1.165) is 22.6 Å². The summed E-state index contributed by atoms with van der Waals surface area (Å²) in [7, 11) is 1.85. The summed E-state index contributed by atoms with van der Waals surface area (Å²) < 4.78 is 0. The van der Waals surface area contributed by atoms with E-state index >= 15 is 0 Å². The van der Waals surface area contributed by atoms with E-state index in [0.29, 0.717) is 0 Å². The molecule has 0 aliphatic carbocycles. The van der Waals surface area contributed by atoms with E-state index in [1.807, 2.05) is 62.5 Å². The van der Waals surface area contributed by atoms with E-state index in [1.165, 1.54) is 0 Å². The molecule has 0 radical (unpaired) electrons. The molecule has 0 heterocycles. The highest BCUT2D eigenvalue weighted by atomic mass is 14.8. The van der Waals surface area contributed by atoms with Gasteiger partial charge in [-0.1, -0.05) is 30.3 Å². The highest BCUT2D eigenvalue weighted by Crippen LogP contribution is 2.14. The second kappa shape index (κ2) is 6.43. The van der Waals surface area contributed by atoms with Gasteiger partial charge < -0.3 is 16.8 Å². The normalized spacial score (nSPS) is 9.06. The smallest absolute Gasteiger partial charge is 0.0571 e. The van der Waals surface area contributed by atoms with Gasteiger partial charge >= 0.3 is 0 Å². The molecular weight excluding hydrogens is 210 g/mol. The third-order valence-electron chi connectivity index (χ3n) is 2.42. The summed E-state index contributed by atoms with van der Waals surface area (Å²) in [6.07, 6.45) is 0. The van der Waals surface area contributed by atoms with Gasteiger partial charge in [-0.25, -0.2) is 0 Å². The van der Waals surface area contributed by atoms with Crippen LogP contribution >= 0.6 is 0 Å². The van der Waals surface area contributed by atoms with Crippen molar-refractivity contribution in [2.75, 3.05) is 23.8 Å². The average molecular weight is 229 g/mol. The minimum Gasteiger partial charge on any atom is -0.399 e. The monoisotopic (exact) mass is 229 g/mol. The van der Waals surface area contributed by atoms with Crippen LogP contribution in [0.1, 0.15) is 5.56 Å². The van der Waals surface area contributed by atoms with Crippen LogP contribution in [0, 0.1) is 6.92 Å². The molecule has 0 saturated carbocycles. The summed E-state index contributed by atoms with van der Waals surface area (Å²) >= 11 is 0. The van der Waals surface area contributed by atoms with Gasteiger partial charge in [0.1, 0.15) is 0 Å². The molecule has 90 valence electrons. The zero-order valence-electron chi connectivity index (χ0n) is 10.3. The maximum absolute atomic E-state index is 5.57. The zero-order valence-corrected chi connectivity index (χ0v) is 10.3. The standard InChI is InChI=1S/C7H10N2.C7H9N/c1-9-7-5-3-2-4-6(7)8;1-6-4-2-3-5-7(6)8/h2-5,9H,8H2,1H3;2-5H,8H2,1H3. The Balaban J connectivity index is 0.000000171. The number of aryl methyl sites for hydroxylation is 1. The van der Waals surface area contributed by atoms with Gasteiger partial charge in [0, 0.05) is 12.7 Å². The first-order valence-corrected chi connectivity index (χ1v) is 5.48. The summed E-state index contributed by atoms with van der Waals surface area (Å²) in [5.41, 5.74) is 14.9. The van der Waals surface area contributed by atoms with Gasteiger partial charge in [-0.05, 0) is 30.7 Å². The lowest BCUT2D eigenvalue weighted by Gasteiger charge is -2.01. The molecule has 3 heteroatoms. The number of nitrogens with one attached hydrogen (secondary N) is 1. The number of hydrogen-bond donors (Lipinski definition) is 3. The second-order valence-electron chi connectivity index (χ2n) is 3.69. The molecule has 0 aromatic heterocycles. The van der Waals surface area contributed by atoms with Crippen molar-refractivity contribution in [1.29, 1.82) is 0 Å². The fraction of sp³-hybridized carbons (Fsp3) is 0.143. The lowest BCUT2D eigenvalue weighted by atomic mass is 10.2. The zero-order chi connectivity index (χ0) is 12.7. The first-order chi connectivity index (χ1) is 8.15. The third kappa shape index (κ3) is 4.07. The molecule has 0 amide bonds. The van der Waals surface area contributed by atoms with Gasteiger partial charge in [-0.15, -0.1) is 0 Å². The van der Waals surface area contributed by atoms with Crippen molar-refractivity contribution in [2.24, 2.45) is 0 Å². The predicted molar refractivity (Wildman–Crippen MR) is 76.0 cm³/mol. The Hall–Kier alpha value is -2.16. The number of para-hydroxylation sites is 3. The SMILES string of the molecule is CNc1ccccc1N.Cc1ccccc1N. The van der Waals surface area contributed by atoms with Crippen molar-refractivity contribution < 1.29 is 0 Å². The molecule has 0 fully saturated rings. The van der Waals surface area contributed by atoms with Gasteiger partial charge in [0.25, 0.3) is 0 Å². The minimum atomic E-state index is 0.792. The maximum atomic E-state index is 5.57. The second-order valence-corrected chi connectivity index (χ2v) is 3.69. The maximum Gasteiger partial charge on any atom is 0.0571 e. The highest BCUT2D eigenvalue weighted by Gasteiger charge is 1.89. The first-order valence-electron chi connectivity index (χ1n) is 5.48. The molecule has 5 N–H and O–H groups in total. The van der Waals surface area contributed by atoms with Crippen molar-refractivity contribution >= 4 is 17.1 Å². The molecule has 2 rings (SSSR count). The number of anilines is 3. The van der Waals surface area contributed by atoms with Gasteiger partial charge in [0.15, 0.2) is 0 Å². The van der Waals surface area contributed by atoms with Crippen molar-refractivity contribution in [1.82, 2.24) is 0 Å². The van der Waals surface area contributed by atoms with Crippen LogP contribution in [0.2, 0.25) is 0 Å². The predicted octanol–water partition coefficient (Wildman–Crippen LogP) is 2.89. The van der Waals surface area contributed by atoms with Crippen LogP contribution in [0.25, 0.3) is 0 Å². The molecule has 17 heavy (non-hydrogen) atoms. The van der Waals surface area contributed by atoms with E-state index in [4.69, 9.17) is 11.5 Å². The molecule has 0 unspecified atom stereocenters. The van der Waals surface area contributed by atoms with Crippen LogP contribution in [0.15, 0.2) is 48.5 Å². The Bertz CT molecular complexity index is 446. The molecular formula is C14H19N3. The Kier molecular flexibility index (Phi) is 4.88. The number of hydrogen-bond acceptors (Lipinski definition) is 3. The van der Waals surface area contributed by atoms with E-state index in [2.05, 4.69) is 5.32 Å². The van der Waals surface area contributed by atoms with Crippen LogP contribution in [-0.2, 0) is 0 Å². The molecule has 0 saturated heterocycles. The van der Waals surface area contributed by atoms with Crippen LogP contribution in [0.4, 0.5) is 17.1 Å². The summed E-state index contributed by atoms with van der Waals surface area (Å²) in [6, 6.07) is 15.5. The average Bonchev–Trinajstić information content (AvgIpc) is 2.34. The number of nitrogens with two attached hydrogens (primary N) is 2. The van der Waals surface area contributed by atoms with Crippen LogP contribution < -0.4 is 16.8 Å². The van der Waals surface area contributed by atoms with Crippen LogP contribution in [0.5, 0.6) is 0 Å². The number of benzene rings is 2. The molecule has 0 bridgehead atoms. The lowest BCUT2D eigenvalue weighted by molar-refractivity contribution is 1.47. The van der Waals surface area contributed by atoms with Gasteiger partial charge in [-0.3, -0.25) is 0 Å². The quantitative estimate of drug-likeness (QED) is 0.659. The number of nitrogen functional groups attached to an aromatic ring is 2. The van der Waals surface area contributed by atoms with E-state index in [1.54, 1.807) is 0 Å². The Morgan fingerprint density at radius 3 is 1.71 bits per heavy atom. The van der Waals surface area contributed by atoms with Crippen molar-refractivity contribution in [3.63, 3.8) is 0 Å². The summed E-state index contributed by atoms with van der Waals surface area (Å²) in [4.78, 5) is 0. The molecule has 0 spiro atoms. The van der Waals surface area contributed by atoms with Gasteiger partial charge in [-0.2, -0.15) is 0 Å². The highest BCUT2D eigenvalue weighted by molar-refractivity contribution is 5.65. The van der Waals surface area contributed by atoms with Gasteiger partial charge in [0.2, 0.25) is 0 Å². The van der Waals surface area contributed by atoms with Crippen LogP contribution in [0.3, 0.4) is 0 Å². The molecule has 0 atom stereocenters. The summed E-state index contributed by atoms with van der Waals surface area (Å²) in [5.74, 6) is 0. The topological polar surface area (TPSA) is 64.1 Å². The van der Waals surface area contributed by atoms with Gasteiger partial charge in [0.05, 0.1) is 11.4 Å². The van der Waals surface area contributed by atoms with E-state index < -0.39 is 0 Å².